The van der Waals surface area contributed by atoms with Gasteiger partial charge in [-0.2, -0.15) is 0 Å². The number of carboxylic acids is 1. The van der Waals surface area contributed by atoms with Crippen LogP contribution in [0.4, 0.5) is 0 Å². The third-order valence-electron chi connectivity index (χ3n) is 2.78. The molecule has 2 aromatic heterocycles. The van der Waals surface area contributed by atoms with Crippen molar-refractivity contribution >= 4 is 27.4 Å². The van der Waals surface area contributed by atoms with E-state index >= 15 is 0 Å². The smallest absolute Gasteiger partial charge is 0.358 e. The fraction of sp³-hybridized carbons (Fsp3) is 0.0833. The van der Waals surface area contributed by atoms with Gasteiger partial charge in [0.15, 0.2) is 5.69 Å². The lowest BCUT2D eigenvalue weighted by atomic mass is 10.2. The van der Waals surface area contributed by atoms with Gasteiger partial charge in [0.2, 0.25) is 0 Å². The van der Waals surface area contributed by atoms with Gasteiger partial charge in [-0.25, -0.2) is 9.48 Å². The molecule has 0 saturated heterocycles. The van der Waals surface area contributed by atoms with Crippen molar-refractivity contribution in [1.82, 2.24) is 15.0 Å². The molecule has 0 atom stereocenters. The van der Waals surface area contributed by atoms with Crippen LogP contribution in [0.15, 0.2) is 29.6 Å². The Kier molecular flexibility index (Phi) is 2.38. The molecule has 0 fully saturated rings. The van der Waals surface area contributed by atoms with Gasteiger partial charge in [-0.3, -0.25) is 0 Å². The maximum atomic E-state index is 10.9. The second-order valence-electron chi connectivity index (χ2n) is 3.88. The third-order valence-corrected chi connectivity index (χ3v) is 3.68. The highest BCUT2D eigenvalue weighted by atomic mass is 32.1. The summed E-state index contributed by atoms with van der Waals surface area (Å²) in [7, 11) is 0. The van der Waals surface area contributed by atoms with Gasteiger partial charge in [0.05, 0.1) is 11.4 Å². The molecule has 0 saturated carbocycles. The third kappa shape index (κ3) is 1.58. The summed E-state index contributed by atoms with van der Waals surface area (Å²) in [4.78, 5) is 10.9. The summed E-state index contributed by atoms with van der Waals surface area (Å²) in [6.45, 7) is 1.70. The predicted octanol–water partition coefficient (Wildman–Crippen LogP) is 2.49. The molecule has 3 rings (SSSR count). The average molecular weight is 259 g/mol. The Morgan fingerprint density at radius 3 is 2.94 bits per heavy atom. The van der Waals surface area contributed by atoms with Crippen molar-refractivity contribution in [1.29, 1.82) is 0 Å². The van der Waals surface area contributed by atoms with Crippen molar-refractivity contribution in [3.05, 3.63) is 41.0 Å². The summed E-state index contributed by atoms with van der Waals surface area (Å²) >= 11 is 1.67. The number of hydrogen-bond donors (Lipinski definition) is 1. The van der Waals surface area contributed by atoms with Crippen LogP contribution in [0.3, 0.4) is 0 Å². The summed E-state index contributed by atoms with van der Waals surface area (Å²) < 4.78 is 2.73. The number of thiophene rings is 1. The molecule has 0 unspecified atom stereocenters. The Morgan fingerprint density at radius 1 is 1.39 bits per heavy atom. The molecule has 0 aliphatic heterocycles. The molecule has 2 heterocycles. The fourth-order valence-electron chi connectivity index (χ4n) is 1.86. The van der Waals surface area contributed by atoms with Crippen LogP contribution in [0.1, 0.15) is 16.2 Å². The summed E-state index contributed by atoms with van der Waals surface area (Å²) in [5, 5.41) is 19.6. The van der Waals surface area contributed by atoms with Gasteiger partial charge in [0.1, 0.15) is 0 Å². The molecule has 0 bridgehead atoms. The number of nitrogens with zero attached hydrogens (tertiary/aromatic N) is 3. The highest BCUT2D eigenvalue weighted by Gasteiger charge is 2.16. The van der Waals surface area contributed by atoms with E-state index in [1.807, 2.05) is 29.6 Å². The van der Waals surface area contributed by atoms with Crippen LogP contribution in [0, 0.1) is 6.92 Å². The van der Waals surface area contributed by atoms with Gasteiger partial charge in [-0.15, -0.1) is 16.4 Å². The van der Waals surface area contributed by atoms with Crippen molar-refractivity contribution in [3.8, 4) is 5.69 Å². The SMILES string of the molecule is Cc1c(C(=O)O)nnn1-c1ccc2sccc2c1. The minimum atomic E-state index is -1.06. The molecule has 90 valence electrons. The highest BCUT2D eigenvalue weighted by Crippen LogP contribution is 2.24. The molecule has 6 heteroatoms. The largest absolute Gasteiger partial charge is 0.476 e. The lowest BCUT2D eigenvalue weighted by Crippen LogP contribution is -2.02. The van der Waals surface area contributed by atoms with Crippen molar-refractivity contribution in [2.75, 3.05) is 0 Å². The molecule has 0 aliphatic rings. The van der Waals surface area contributed by atoms with Crippen molar-refractivity contribution in [2.24, 2.45) is 0 Å². The first kappa shape index (κ1) is 10.9. The van der Waals surface area contributed by atoms with Crippen LogP contribution in [0.5, 0.6) is 0 Å². The molecule has 0 aliphatic carbocycles. The van der Waals surface area contributed by atoms with Gasteiger partial charge in [-0.1, -0.05) is 5.21 Å². The Hall–Kier alpha value is -2.21. The van der Waals surface area contributed by atoms with Crippen LogP contribution in [-0.4, -0.2) is 26.1 Å². The first-order valence-electron chi connectivity index (χ1n) is 5.30. The number of aromatic nitrogens is 3. The summed E-state index contributed by atoms with van der Waals surface area (Å²) in [6, 6.07) is 7.90. The molecule has 0 amide bonds. The topological polar surface area (TPSA) is 68.0 Å². The molecular weight excluding hydrogens is 250 g/mol. The molecule has 1 aromatic carbocycles. The predicted molar refractivity (Wildman–Crippen MR) is 68.4 cm³/mol. The van der Waals surface area contributed by atoms with E-state index in [1.165, 1.54) is 4.70 Å². The lowest BCUT2D eigenvalue weighted by Gasteiger charge is -2.03. The fourth-order valence-corrected chi connectivity index (χ4v) is 2.63. The highest BCUT2D eigenvalue weighted by molar-refractivity contribution is 7.17. The van der Waals surface area contributed by atoms with Gasteiger partial charge >= 0.3 is 5.97 Å². The first-order valence-corrected chi connectivity index (χ1v) is 6.18. The van der Waals surface area contributed by atoms with Crippen molar-refractivity contribution < 1.29 is 9.90 Å². The molecule has 1 N–H and O–H groups in total. The van der Waals surface area contributed by atoms with E-state index in [-0.39, 0.29) is 5.69 Å². The van der Waals surface area contributed by atoms with E-state index in [0.717, 1.165) is 11.1 Å². The van der Waals surface area contributed by atoms with Crippen LogP contribution >= 0.6 is 11.3 Å². The lowest BCUT2D eigenvalue weighted by molar-refractivity contribution is 0.0689. The Morgan fingerprint density at radius 2 is 2.22 bits per heavy atom. The quantitative estimate of drug-likeness (QED) is 0.767. The zero-order chi connectivity index (χ0) is 12.7. The number of fused-ring (bicyclic) bond motifs is 1. The summed E-state index contributed by atoms with van der Waals surface area (Å²) in [6.07, 6.45) is 0. The number of benzene rings is 1. The van der Waals surface area contributed by atoms with E-state index in [2.05, 4.69) is 10.3 Å². The van der Waals surface area contributed by atoms with Crippen LogP contribution < -0.4 is 0 Å². The van der Waals surface area contributed by atoms with E-state index in [4.69, 9.17) is 5.11 Å². The van der Waals surface area contributed by atoms with Gasteiger partial charge in [0, 0.05) is 4.70 Å². The monoisotopic (exact) mass is 259 g/mol. The number of rotatable bonds is 2. The maximum absolute atomic E-state index is 10.9. The molecule has 3 aromatic rings. The van der Waals surface area contributed by atoms with Gasteiger partial charge in [0.25, 0.3) is 0 Å². The molecule has 0 spiro atoms. The maximum Gasteiger partial charge on any atom is 0.358 e. The summed E-state index contributed by atoms with van der Waals surface area (Å²) in [5.41, 5.74) is 1.33. The molecular formula is C12H9N3O2S. The van der Waals surface area contributed by atoms with Crippen molar-refractivity contribution in [3.63, 3.8) is 0 Å². The van der Waals surface area contributed by atoms with Crippen LogP contribution in [0.2, 0.25) is 0 Å². The summed E-state index contributed by atoms with van der Waals surface area (Å²) in [5.74, 6) is -1.06. The number of carbonyl (C=O) groups is 1. The molecule has 5 nitrogen and oxygen atoms in total. The van der Waals surface area contributed by atoms with Gasteiger partial charge in [-0.05, 0) is 42.0 Å². The van der Waals surface area contributed by atoms with Crippen molar-refractivity contribution in [2.45, 2.75) is 6.92 Å². The Bertz CT molecular complexity index is 745. The first-order chi connectivity index (χ1) is 8.66. The molecule has 0 radical (unpaired) electrons. The van der Waals surface area contributed by atoms with Crippen LogP contribution in [-0.2, 0) is 0 Å². The van der Waals surface area contributed by atoms with E-state index in [0.29, 0.717) is 5.69 Å². The zero-order valence-electron chi connectivity index (χ0n) is 9.49. The number of hydrogen-bond acceptors (Lipinski definition) is 4. The van der Waals surface area contributed by atoms with E-state index in [9.17, 15) is 4.79 Å². The minimum Gasteiger partial charge on any atom is -0.476 e. The second-order valence-corrected chi connectivity index (χ2v) is 4.83. The zero-order valence-corrected chi connectivity index (χ0v) is 10.3. The standard InChI is InChI=1S/C12H9N3O2S/c1-7-11(12(16)17)13-14-15(7)9-2-3-10-8(6-9)4-5-18-10/h2-6H,1H3,(H,16,17). The number of aromatic carboxylic acids is 1. The van der Waals surface area contributed by atoms with Crippen LogP contribution in [0.25, 0.3) is 15.8 Å². The van der Waals surface area contributed by atoms with Gasteiger partial charge < -0.3 is 5.11 Å². The average Bonchev–Trinajstić information content (AvgIpc) is 2.93. The minimum absolute atomic E-state index is 0.0135. The normalized spacial score (nSPS) is 10.9. The van der Waals surface area contributed by atoms with E-state index in [1.54, 1.807) is 22.9 Å². The Labute approximate surface area is 106 Å². The number of carboxylic acid groups (broad SMARTS) is 1. The van der Waals surface area contributed by atoms with E-state index < -0.39 is 5.97 Å². The Balaban J connectivity index is 2.16. The molecule has 18 heavy (non-hydrogen) atoms. The second kappa shape index (κ2) is 3.92.